The van der Waals surface area contributed by atoms with Gasteiger partial charge in [-0.25, -0.2) is 14.6 Å². The quantitative estimate of drug-likeness (QED) is 0.687. The number of rotatable bonds is 1. The average molecular weight is 175 g/mol. The van der Waals surface area contributed by atoms with Crippen molar-refractivity contribution in [1.82, 2.24) is 19.7 Å². The second-order valence-corrected chi connectivity index (χ2v) is 2.74. The van der Waals surface area contributed by atoms with Gasteiger partial charge in [-0.2, -0.15) is 5.10 Å². The minimum Gasteiger partial charge on any atom is -0.397 e. The molecule has 0 saturated heterocycles. The van der Waals surface area contributed by atoms with Gasteiger partial charge < -0.3 is 5.73 Å². The summed E-state index contributed by atoms with van der Waals surface area (Å²) in [6.45, 7) is 1.93. The molecule has 2 aromatic heterocycles. The van der Waals surface area contributed by atoms with Crippen molar-refractivity contribution in [3.63, 3.8) is 0 Å². The molecule has 66 valence electrons. The molecule has 0 aliphatic carbocycles. The molecule has 0 bridgehead atoms. The first-order chi connectivity index (χ1) is 6.27. The number of nitrogens with two attached hydrogens (primary N) is 1. The fourth-order valence-corrected chi connectivity index (χ4v) is 1.00. The molecule has 13 heavy (non-hydrogen) atoms. The van der Waals surface area contributed by atoms with E-state index in [0.717, 1.165) is 11.4 Å². The minimum absolute atomic E-state index is 0.684. The van der Waals surface area contributed by atoms with Crippen LogP contribution in [0.15, 0.2) is 24.9 Å². The molecule has 5 nitrogen and oxygen atoms in total. The SMILES string of the molecule is Cc1cc(-n2cncn2)ncc1N. The molecule has 2 aromatic rings. The topological polar surface area (TPSA) is 69.6 Å². The summed E-state index contributed by atoms with van der Waals surface area (Å²) < 4.78 is 1.59. The van der Waals surface area contributed by atoms with Gasteiger partial charge in [0.15, 0.2) is 5.82 Å². The molecular weight excluding hydrogens is 166 g/mol. The van der Waals surface area contributed by atoms with Crippen molar-refractivity contribution in [3.05, 3.63) is 30.5 Å². The Kier molecular flexibility index (Phi) is 1.70. The zero-order valence-electron chi connectivity index (χ0n) is 7.18. The third-order valence-electron chi connectivity index (χ3n) is 1.79. The van der Waals surface area contributed by atoms with Crippen molar-refractivity contribution in [3.8, 4) is 5.82 Å². The van der Waals surface area contributed by atoms with Gasteiger partial charge in [0.05, 0.1) is 11.9 Å². The maximum atomic E-state index is 5.63. The van der Waals surface area contributed by atoms with E-state index < -0.39 is 0 Å². The molecule has 0 aliphatic rings. The van der Waals surface area contributed by atoms with Gasteiger partial charge in [-0.05, 0) is 18.6 Å². The number of nitrogen functional groups attached to an aromatic ring is 1. The number of pyridine rings is 1. The predicted octanol–water partition coefficient (Wildman–Crippen LogP) is 0.553. The maximum absolute atomic E-state index is 5.63. The van der Waals surface area contributed by atoms with E-state index in [1.54, 1.807) is 17.2 Å². The molecule has 5 heteroatoms. The van der Waals surface area contributed by atoms with Gasteiger partial charge in [0, 0.05) is 0 Å². The van der Waals surface area contributed by atoms with Crippen LogP contribution in [-0.4, -0.2) is 19.7 Å². The molecule has 0 fully saturated rings. The Labute approximate surface area is 75.2 Å². The zero-order chi connectivity index (χ0) is 9.26. The van der Waals surface area contributed by atoms with Crippen LogP contribution >= 0.6 is 0 Å². The smallest absolute Gasteiger partial charge is 0.155 e. The molecule has 0 spiro atoms. The lowest BCUT2D eigenvalue weighted by Gasteiger charge is -2.02. The van der Waals surface area contributed by atoms with E-state index in [1.807, 2.05) is 13.0 Å². The molecular formula is C8H9N5. The molecule has 0 aromatic carbocycles. The number of hydrogen-bond acceptors (Lipinski definition) is 4. The molecule has 0 unspecified atom stereocenters. The number of nitrogens with zero attached hydrogens (tertiary/aromatic N) is 4. The summed E-state index contributed by atoms with van der Waals surface area (Å²) in [7, 11) is 0. The van der Waals surface area contributed by atoms with E-state index in [2.05, 4.69) is 15.1 Å². The van der Waals surface area contributed by atoms with E-state index in [1.165, 1.54) is 6.33 Å². The van der Waals surface area contributed by atoms with Crippen LogP contribution in [0, 0.1) is 6.92 Å². The lowest BCUT2D eigenvalue weighted by Crippen LogP contribution is -2.00. The Morgan fingerprint density at radius 1 is 1.46 bits per heavy atom. The second-order valence-electron chi connectivity index (χ2n) is 2.74. The van der Waals surface area contributed by atoms with Gasteiger partial charge >= 0.3 is 0 Å². The van der Waals surface area contributed by atoms with E-state index in [0.29, 0.717) is 5.69 Å². The highest BCUT2D eigenvalue weighted by Crippen LogP contribution is 2.11. The summed E-state index contributed by atoms with van der Waals surface area (Å²) in [6.07, 6.45) is 4.68. The van der Waals surface area contributed by atoms with Crippen molar-refractivity contribution in [2.24, 2.45) is 0 Å². The summed E-state index contributed by atoms with van der Waals surface area (Å²) in [5.74, 6) is 0.726. The van der Waals surface area contributed by atoms with Crippen molar-refractivity contribution in [1.29, 1.82) is 0 Å². The third kappa shape index (κ3) is 1.35. The normalized spacial score (nSPS) is 10.2. The number of aromatic nitrogens is 4. The van der Waals surface area contributed by atoms with Gasteiger partial charge in [0.2, 0.25) is 0 Å². The van der Waals surface area contributed by atoms with Crippen molar-refractivity contribution in [2.75, 3.05) is 5.73 Å². The number of aryl methyl sites for hydroxylation is 1. The molecule has 0 atom stereocenters. The van der Waals surface area contributed by atoms with Crippen LogP contribution in [0.3, 0.4) is 0 Å². The average Bonchev–Trinajstić information content (AvgIpc) is 2.62. The first-order valence-electron chi connectivity index (χ1n) is 3.84. The largest absolute Gasteiger partial charge is 0.397 e. The van der Waals surface area contributed by atoms with Gasteiger partial charge in [-0.1, -0.05) is 0 Å². The van der Waals surface area contributed by atoms with Crippen LogP contribution in [0.1, 0.15) is 5.56 Å². The molecule has 0 saturated carbocycles. The second kappa shape index (κ2) is 2.85. The van der Waals surface area contributed by atoms with Crippen LogP contribution < -0.4 is 5.73 Å². The van der Waals surface area contributed by atoms with Crippen molar-refractivity contribution >= 4 is 5.69 Å². The molecule has 2 N–H and O–H groups in total. The summed E-state index contributed by atoms with van der Waals surface area (Å²) in [6, 6.07) is 1.87. The van der Waals surface area contributed by atoms with Crippen LogP contribution in [0.2, 0.25) is 0 Å². The highest BCUT2D eigenvalue weighted by Gasteiger charge is 2.00. The Morgan fingerprint density at radius 2 is 2.31 bits per heavy atom. The van der Waals surface area contributed by atoms with Gasteiger partial charge in [-0.3, -0.25) is 0 Å². The first-order valence-corrected chi connectivity index (χ1v) is 3.84. The highest BCUT2D eigenvalue weighted by atomic mass is 15.3. The standard InChI is InChI=1S/C8H9N5/c1-6-2-8(11-3-7(6)9)13-5-10-4-12-13/h2-5H,9H2,1H3. The Balaban J connectivity index is 2.49. The summed E-state index contributed by atoms with van der Waals surface area (Å²) >= 11 is 0. The van der Waals surface area contributed by atoms with E-state index in [-0.39, 0.29) is 0 Å². The summed E-state index contributed by atoms with van der Waals surface area (Å²) in [5, 5.41) is 3.96. The van der Waals surface area contributed by atoms with Gasteiger partial charge in [0.25, 0.3) is 0 Å². The fraction of sp³-hybridized carbons (Fsp3) is 0.125. The van der Waals surface area contributed by atoms with Gasteiger partial charge in [0.1, 0.15) is 12.7 Å². The minimum atomic E-state index is 0.684. The van der Waals surface area contributed by atoms with E-state index in [9.17, 15) is 0 Å². The molecule has 2 rings (SSSR count). The Bertz CT molecular complexity index is 406. The van der Waals surface area contributed by atoms with Crippen LogP contribution in [0.4, 0.5) is 5.69 Å². The maximum Gasteiger partial charge on any atom is 0.155 e. The lowest BCUT2D eigenvalue weighted by molar-refractivity contribution is 0.844. The van der Waals surface area contributed by atoms with Crippen LogP contribution in [0.25, 0.3) is 5.82 Å². The first kappa shape index (κ1) is 7.72. The lowest BCUT2D eigenvalue weighted by atomic mass is 10.2. The van der Waals surface area contributed by atoms with Crippen LogP contribution in [-0.2, 0) is 0 Å². The van der Waals surface area contributed by atoms with E-state index >= 15 is 0 Å². The third-order valence-corrected chi connectivity index (χ3v) is 1.79. The highest BCUT2D eigenvalue weighted by molar-refractivity contribution is 5.46. The molecule has 0 aliphatic heterocycles. The number of hydrogen-bond donors (Lipinski definition) is 1. The van der Waals surface area contributed by atoms with E-state index in [4.69, 9.17) is 5.73 Å². The molecule has 0 radical (unpaired) electrons. The monoisotopic (exact) mass is 175 g/mol. The van der Waals surface area contributed by atoms with Crippen molar-refractivity contribution in [2.45, 2.75) is 6.92 Å². The Morgan fingerprint density at radius 3 is 2.92 bits per heavy atom. The van der Waals surface area contributed by atoms with Crippen LogP contribution in [0.5, 0.6) is 0 Å². The predicted molar refractivity (Wildman–Crippen MR) is 48.3 cm³/mol. The number of anilines is 1. The molecule has 0 amide bonds. The molecule has 2 heterocycles. The Hall–Kier alpha value is -1.91. The summed E-state index contributed by atoms with van der Waals surface area (Å²) in [5.41, 5.74) is 7.31. The van der Waals surface area contributed by atoms with Gasteiger partial charge in [-0.15, -0.1) is 0 Å². The zero-order valence-corrected chi connectivity index (χ0v) is 7.18. The summed E-state index contributed by atoms with van der Waals surface area (Å²) in [4.78, 5) is 7.95. The van der Waals surface area contributed by atoms with Crippen molar-refractivity contribution < 1.29 is 0 Å². The fourth-order valence-electron chi connectivity index (χ4n) is 1.00.